The van der Waals surface area contributed by atoms with Crippen LogP contribution in [-0.4, -0.2) is 18.2 Å². The predicted octanol–water partition coefficient (Wildman–Crippen LogP) is 2.77. The Hall–Kier alpha value is -1.00. The Morgan fingerprint density at radius 2 is 2.00 bits per heavy atom. The fourth-order valence-electron chi connectivity index (χ4n) is 1.02. The molecule has 0 aliphatic carbocycles. The maximum absolute atomic E-state index is 11.2. The molecule has 0 heterocycles. The number of carbonyl (C=O) groups is 2. The molecule has 1 aromatic carbocycles. The molecule has 0 aliphatic rings. The number of methoxy groups -OCH3 is 1. The van der Waals surface area contributed by atoms with Gasteiger partial charge in [0.2, 0.25) is 0 Å². The highest BCUT2D eigenvalue weighted by atomic mass is 35.5. The number of hydrogen-bond acceptors (Lipinski definition) is 4. The van der Waals surface area contributed by atoms with Crippen molar-refractivity contribution in [2.45, 2.75) is 11.8 Å². The van der Waals surface area contributed by atoms with E-state index in [-0.39, 0.29) is 5.12 Å². The third-order valence-electron chi connectivity index (χ3n) is 1.55. The van der Waals surface area contributed by atoms with Gasteiger partial charge < -0.3 is 4.74 Å². The average molecular weight is 245 g/mol. The Balaban J connectivity index is 3.04. The van der Waals surface area contributed by atoms with Crippen LogP contribution in [0.25, 0.3) is 0 Å². The lowest BCUT2D eigenvalue weighted by molar-refractivity contribution is -0.109. The van der Waals surface area contributed by atoms with Crippen LogP contribution in [0.1, 0.15) is 17.3 Å². The third-order valence-corrected chi connectivity index (χ3v) is 2.53. The molecule has 5 heteroatoms. The smallest absolute Gasteiger partial charge is 0.337 e. The second kappa shape index (κ2) is 5.19. The summed E-state index contributed by atoms with van der Waals surface area (Å²) in [6.45, 7) is 1.45. The van der Waals surface area contributed by atoms with Crippen molar-refractivity contribution in [3.8, 4) is 0 Å². The fraction of sp³-hybridized carbons (Fsp3) is 0.200. The van der Waals surface area contributed by atoms with Gasteiger partial charge in [-0.2, -0.15) is 0 Å². The third kappa shape index (κ3) is 3.57. The van der Waals surface area contributed by atoms with Crippen LogP contribution in [0.2, 0.25) is 5.02 Å². The highest BCUT2D eigenvalue weighted by molar-refractivity contribution is 8.13. The predicted molar refractivity (Wildman–Crippen MR) is 59.3 cm³/mol. The summed E-state index contributed by atoms with van der Waals surface area (Å²) in [6.07, 6.45) is 0. The van der Waals surface area contributed by atoms with Crippen molar-refractivity contribution >= 4 is 34.4 Å². The summed E-state index contributed by atoms with van der Waals surface area (Å²) in [5.74, 6) is -0.470. The first-order valence-corrected chi connectivity index (χ1v) is 5.29. The van der Waals surface area contributed by atoms with E-state index in [1.165, 1.54) is 20.1 Å². The molecule has 15 heavy (non-hydrogen) atoms. The van der Waals surface area contributed by atoms with Crippen molar-refractivity contribution in [3.63, 3.8) is 0 Å². The van der Waals surface area contributed by atoms with E-state index in [4.69, 9.17) is 11.6 Å². The summed E-state index contributed by atoms with van der Waals surface area (Å²) in [6, 6.07) is 4.70. The van der Waals surface area contributed by atoms with Gasteiger partial charge in [0.1, 0.15) is 0 Å². The SMILES string of the molecule is COC(=O)c1cc(Cl)cc(SC(C)=O)c1. The molecule has 0 saturated heterocycles. The van der Waals surface area contributed by atoms with Gasteiger partial charge in [-0.05, 0) is 18.2 Å². The Morgan fingerprint density at radius 1 is 1.33 bits per heavy atom. The molecule has 80 valence electrons. The molecule has 0 saturated carbocycles. The molecule has 0 fully saturated rings. The number of rotatable bonds is 2. The molecule has 1 rings (SSSR count). The first kappa shape index (κ1) is 12.1. The lowest BCUT2D eigenvalue weighted by Gasteiger charge is -2.03. The van der Waals surface area contributed by atoms with Crippen LogP contribution >= 0.6 is 23.4 Å². The summed E-state index contributed by atoms with van der Waals surface area (Å²) >= 11 is 6.83. The van der Waals surface area contributed by atoms with Crippen molar-refractivity contribution in [2.24, 2.45) is 0 Å². The molecule has 0 spiro atoms. The van der Waals surface area contributed by atoms with E-state index in [1.807, 2.05) is 0 Å². The van der Waals surface area contributed by atoms with Gasteiger partial charge in [-0.3, -0.25) is 4.79 Å². The number of thioether (sulfide) groups is 1. The maximum Gasteiger partial charge on any atom is 0.337 e. The number of halogens is 1. The molecular weight excluding hydrogens is 236 g/mol. The first-order chi connectivity index (χ1) is 7.02. The molecule has 1 aromatic rings. The minimum atomic E-state index is -0.470. The van der Waals surface area contributed by atoms with Gasteiger partial charge in [0.15, 0.2) is 5.12 Å². The van der Waals surface area contributed by atoms with Crippen molar-refractivity contribution in [1.29, 1.82) is 0 Å². The topological polar surface area (TPSA) is 43.4 Å². The first-order valence-electron chi connectivity index (χ1n) is 4.10. The normalized spacial score (nSPS) is 9.80. The molecule has 0 aliphatic heterocycles. The highest BCUT2D eigenvalue weighted by Crippen LogP contribution is 2.24. The minimum Gasteiger partial charge on any atom is -0.465 e. The van der Waals surface area contributed by atoms with Crippen LogP contribution in [0.4, 0.5) is 0 Å². The summed E-state index contributed by atoms with van der Waals surface area (Å²) < 4.78 is 4.56. The molecule has 0 radical (unpaired) electrons. The molecule has 0 N–H and O–H groups in total. The van der Waals surface area contributed by atoms with Gasteiger partial charge in [0.25, 0.3) is 0 Å². The average Bonchev–Trinajstić information content (AvgIpc) is 2.14. The second-order valence-electron chi connectivity index (χ2n) is 2.76. The lowest BCUT2D eigenvalue weighted by atomic mass is 10.2. The zero-order valence-corrected chi connectivity index (χ0v) is 9.82. The quantitative estimate of drug-likeness (QED) is 0.593. The molecule has 0 unspecified atom stereocenters. The lowest BCUT2D eigenvalue weighted by Crippen LogP contribution is -2.01. The number of hydrogen-bond donors (Lipinski definition) is 0. The fourth-order valence-corrected chi connectivity index (χ4v) is 2.03. The summed E-state index contributed by atoms with van der Waals surface area (Å²) in [5.41, 5.74) is 0.341. The second-order valence-corrected chi connectivity index (χ2v) is 4.45. The van der Waals surface area contributed by atoms with Crippen molar-refractivity contribution in [3.05, 3.63) is 28.8 Å². The Morgan fingerprint density at radius 3 is 2.53 bits per heavy atom. The Labute approximate surface area is 96.8 Å². The van der Waals surface area contributed by atoms with Crippen molar-refractivity contribution in [1.82, 2.24) is 0 Å². The number of benzene rings is 1. The number of esters is 1. The summed E-state index contributed by atoms with van der Waals surface area (Å²) in [7, 11) is 1.29. The molecule has 0 atom stereocenters. The molecule has 0 amide bonds. The van der Waals surface area contributed by atoms with Crippen molar-refractivity contribution in [2.75, 3.05) is 7.11 Å². The van der Waals surface area contributed by atoms with Crippen LogP contribution in [0.5, 0.6) is 0 Å². The Bertz CT molecular complexity index is 404. The van der Waals surface area contributed by atoms with Crippen LogP contribution in [0.3, 0.4) is 0 Å². The van der Waals surface area contributed by atoms with Crippen LogP contribution in [0.15, 0.2) is 23.1 Å². The van der Waals surface area contributed by atoms with E-state index in [0.717, 1.165) is 11.8 Å². The zero-order valence-electron chi connectivity index (χ0n) is 8.24. The highest BCUT2D eigenvalue weighted by Gasteiger charge is 2.09. The van der Waals surface area contributed by atoms with E-state index in [2.05, 4.69) is 4.74 Å². The largest absolute Gasteiger partial charge is 0.465 e. The van der Waals surface area contributed by atoms with Gasteiger partial charge in [-0.1, -0.05) is 23.4 Å². The van der Waals surface area contributed by atoms with Gasteiger partial charge >= 0.3 is 5.97 Å². The van der Waals surface area contributed by atoms with E-state index in [1.54, 1.807) is 12.1 Å². The Kier molecular flexibility index (Phi) is 4.17. The van der Waals surface area contributed by atoms with Gasteiger partial charge in [0.05, 0.1) is 12.7 Å². The zero-order chi connectivity index (χ0) is 11.4. The van der Waals surface area contributed by atoms with E-state index < -0.39 is 5.97 Å². The minimum absolute atomic E-state index is 0.0620. The number of ether oxygens (including phenoxy) is 1. The molecule has 0 bridgehead atoms. The standard InChI is InChI=1S/C10H9ClO3S/c1-6(12)15-9-4-7(10(13)14-2)3-8(11)5-9/h3-5H,1-2H3. The summed E-state index contributed by atoms with van der Waals surface area (Å²) in [4.78, 5) is 22.7. The van der Waals surface area contributed by atoms with Crippen molar-refractivity contribution < 1.29 is 14.3 Å². The molecule has 0 aromatic heterocycles. The van der Waals surface area contributed by atoms with Gasteiger partial charge in [-0.25, -0.2) is 4.79 Å². The van der Waals surface area contributed by atoms with Gasteiger partial charge in [-0.15, -0.1) is 0 Å². The monoisotopic (exact) mass is 244 g/mol. The summed E-state index contributed by atoms with van der Waals surface area (Å²) in [5, 5.41) is 0.342. The van der Waals surface area contributed by atoms with E-state index in [0.29, 0.717) is 15.5 Å². The van der Waals surface area contributed by atoms with Crippen LogP contribution < -0.4 is 0 Å². The number of carbonyl (C=O) groups excluding carboxylic acids is 2. The maximum atomic E-state index is 11.2. The van der Waals surface area contributed by atoms with Gasteiger partial charge in [0, 0.05) is 16.8 Å². The molecular formula is C10H9ClO3S. The molecule has 3 nitrogen and oxygen atoms in total. The van der Waals surface area contributed by atoms with Crippen LogP contribution in [-0.2, 0) is 9.53 Å². The van der Waals surface area contributed by atoms with E-state index >= 15 is 0 Å². The van der Waals surface area contributed by atoms with E-state index in [9.17, 15) is 9.59 Å². The van der Waals surface area contributed by atoms with Crippen LogP contribution in [0, 0.1) is 0 Å².